The minimum Gasteiger partial charge on any atom is -0.431 e. The first-order valence-electron chi connectivity index (χ1n) is 19.7. The third-order valence-corrected chi connectivity index (χ3v) is 12.2. The molecular formula is C39H44N10O9. The number of ether oxygens (including phenoxy) is 8. The molecule has 304 valence electrons. The van der Waals surface area contributed by atoms with E-state index < -0.39 is 77.8 Å². The van der Waals surface area contributed by atoms with Crippen LogP contribution in [-0.2, 0) is 37.9 Å². The summed E-state index contributed by atoms with van der Waals surface area (Å²) >= 11 is 0. The number of carbonyl (C=O) groups excluding carboxylic acids is 1. The SMILES string of the molecule is CC1(C)OC2C(O1)[C@](C#N)(CC(OC(=O)OC(C[C@]1(C#N)O[C@@H](c3ccc4c(N)ncnn34)C3OC(C)(C)OC31)C1CC1)C1CC1)O[C@H]2c1ccc2c(N)ncnn12. The Labute approximate surface area is 332 Å². The molecule has 4 aliphatic heterocycles. The summed E-state index contributed by atoms with van der Waals surface area (Å²) in [4.78, 5) is 22.1. The summed E-state index contributed by atoms with van der Waals surface area (Å²) in [5.74, 6) is -1.52. The molecule has 0 bridgehead atoms. The minimum absolute atomic E-state index is 0.00514. The standard InChI is InChI=1S/C39H44N10O9/c1-36(2)53-29-27(21-9-11-23-33(42)44-17-46-48(21)23)55-38(15-40,31(29)57-36)13-25(19-5-6-19)51-35(50)52-26(20-7-8-20)14-39(16-41)32-30(54-37(3,4)58-32)28(56-39)22-10-12-24-34(43)45-18-47-49(22)24/h9-12,17-20,25-32H,5-8,13-14H2,1-4H3,(H2,42,44,46)(H2,43,45,47)/t25?,26?,27-,28-,29?,30?,31?,32?,38+,39+/m0/s1. The Morgan fingerprint density at radius 1 is 0.724 bits per heavy atom. The molecule has 19 nitrogen and oxygen atoms in total. The van der Waals surface area contributed by atoms with Gasteiger partial charge in [0, 0.05) is 12.8 Å². The zero-order valence-electron chi connectivity index (χ0n) is 32.4. The molecule has 4 saturated heterocycles. The summed E-state index contributed by atoms with van der Waals surface area (Å²) in [5.41, 5.74) is 11.5. The van der Waals surface area contributed by atoms with Crippen molar-refractivity contribution in [2.24, 2.45) is 11.8 Å². The van der Waals surface area contributed by atoms with E-state index in [2.05, 4.69) is 32.3 Å². The molecular weight excluding hydrogens is 752 g/mol. The van der Waals surface area contributed by atoms with E-state index in [-0.39, 0.29) is 24.7 Å². The third kappa shape index (κ3) is 6.02. The van der Waals surface area contributed by atoms with E-state index in [9.17, 15) is 15.3 Å². The van der Waals surface area contributed by atoms with Gasteiger partial charge >= 0.3 is 6.16 Å². The summed E-state index contributed by atoms with van der Waals surface area (Å²) in [7, 11) is 0. The van der Waals surface area contributed by atoms with Gasteiger partial charge in [-0.25, -0.2) is 23.8 Å². The Morgan fingerprint density at radius 3 is 1.52 bits per heavy atom. The number of carbonyl (C=O) groups is 1. The van der Waals surface area contributed by atoms with Crippen molar-refractivity contribution in [1.29, 1.82) is 10.5 Å². The fourth-order valence-corrected chi connectivity index (χ4v) is 9.32. The number of nitrogen functional groups attached to an aromatic ring is 2. The lowest BCUT2D eigenvalue weighted by molar-refractivity contribution is -0.206. The van der Waals surface area contributed by atoms with Gasteiger partial charge < -0.3 is 49.4 Å². The number of fused-ring (bicyclic) bond motifs is 4. The van der Waals surface area contributed by atoms with Crippen LogP contribution in [-0.4, -0.2) is 94.8 Å². The Bertz CT molecular complexity index is 2220. The molecule has 6 aliphatic rings. The van der Waals surface area contributed by atoms with Crippen molar-refractivity contribution in [3.63, 3.8) is 0 Å². The lowest BCUT2D eigenvalue weighted by Crippen LogP contribution is -2.47. The molecule has 58 heavy (non-hydrogen) atoms. The first-order valence-corrected chi connectivity index (χ1v) is 19.7. The molecule has 0 aromatic carbocycles. The average molecular weight is 797 g/mol. The fraction of sp³-hybridized carbons (Fsp3) is 0.615. The molecule has 0 amide bonds. The van der Waals surface area contributed by atoms with Crippen molar-refractivity contribution >= 4 is 28.8 Å². The lowest BCUT2D eigenvalue weighted by atomic mass is 9.88. The van der Waals surface area contributed by atoms with Gasteiger partial charge in [-0.3, -0.25) is 0 Å². The largest absolute Gasteiger partial charge is 0.508 e. The first-order chi connectivity index (χ1) is 27.7. The van der Waals surface area contributed by atoms with Crippen molar-refractivity contribution in [2.45, 2.75) is 138 Å². The molecule has 6 fully saturated rings. The number of nitrogens with two attached hydrogens (primary N) is 2. The van der Waals surface area contributed by atoms with Gasteiger partial charge in [0.2, 0.25) is 0 Å². The molecule has 2 aliphatic carbocycles. The second kappa shape index (κ2) is 12.9. The van der Waals surface area contributed by atoms with E-state index in [4.69, 9.17) is 49.4 Å². The molecule has 4 aromatic rings. The second-order valence-corrected chi connectivity index (χ2v) is 17.2. The maximum absolute atomic E-state index is 13.9. The molecule has 0 spiro atoms. The number of anilines is 2. The van der Waals surface area contributed by atoms with Crippen LogP contribution in [0.4, 0.5) is 16.4 Å². The number of nitrogens with zero attached hydrogens (tertiary/aromatic N) is 8. The molecule has 19 heteroatoms. The van der Waals surface area contributed by atoms with Crippen LogP contribution in [0.15, 0.2) is 36.9 Å². The predicted octanol–water partition coefficient (Wildman–Crippen LogP) is 3.83. The maximum Gasteiger partial charge on any atom is 0.508 e. The highest BCUT2D eigenvalue weighted by Crippen LogP contribution is 2.55. The van der Waals surface area contributed by atoms with E-state index in [1.54, 1.807) is 48.9 Å². The van der Waals surface area contributed by atoms with Crippen LogP contribution in [0, 0.1) is 34.5 Å². The maximum atomic E-state index is 13.9. The Balaban J connectivity index is 0.896. The number of rotatable bonds is 10. The van der Waals surface area contributed by atoms with Crippen LogP contribution in [0.2, 0.25) is 0 Å². The van der Waals surface area contributed by atoms with Crippen LogP contribution in [0.5, 0.6) is 0 Å². The van der Waals surface area contributed by atoms with Gasteiger partial charge in [0.1, 0.15) is 84.7 Å². The number of aromatic nitrogens is 6. The summed E-state index contributed by atoms with van der Waals surface area (Å²) < 4.78 is 54.3. The van der Waals surface area contributed by atoms with Gasteiger partial charge in [0.05, 0.1) is 11.4 Å². The summed E-state index contributed by atoms with van der Waals surface area (Å²) in [5, 5.41) is 30.6. The van der Waals surface area contributed by atoms with Crippen molar-refractivity contribution < 1.29 is 42.7 Å². The van der Waals surface area contributed by atoms with Gasteiger partial charge in [-0.1, -0.05) is 0 Å². The van der Waals surface area contributed by atoms with Crippen LogP contribution in [0.3, 0.4) is 0 Å². The van der Waals surface area contributed by atoms with Crippen molar-refractivity contribution in [2.75, 3.05) is 11.5 Å². The van der Waals surface area contributed by atoms with E-state index in [1.807, 2.05) is 12.1 Å². The third-order valence-electron chi connectivity index (χ3n) is 12.2. The Hall–Kier alpha value is -5.15. The van der Waals surface area contributed by atoms with Gasteiger partial charge in [0.15, 0.2) is 34.4 Å². The molecule has 10 atom stereocenters. The lowest BCUT2D eigenvalue weighted by Gasteiger charge is -2.33. The molecule has 4 N–H and O–H groups in total. The molecule has 0 radical (unpaired) electrons. The van der Waals surface area contributed by atoms with Gasteiger partial charge in [-0.05, 0) is 89.5 Å². The number of hydrogen-bond donors (Lipinski definition) is 2. The average Bonchev–Trinajstić information content (AvgIpc) is 4.00. The summed E-state index contributed by atoms with van der Waals surface area (Å²) in [6.45, 7) is 7.14. The molecule has 8 heterocycles. The van der Waals surface area contributed by atoms with E-state index in [0.29, 0.717) is 34.1 Å². The van der Waals surface area contributed by atoms with E-state index >= 15 is 0 Å². The topological polar surface area (TPSA) is 251 Å². The summed E-state index contributed by atoms with van der Waals surface area (Å²) in [6, 6.07) is 12.0. The normalized spacial score (nSPS) is 34.3. The van der Waals surface area contributed by atoms with Crippen LogP contribution in [0.1, 0.15) is 89.8 Å². The van der Waals surface area contributed by atoms with Crippen molar-refractivity contribution in [1.82, 2.24) is 29.2 Å². The van der Waals surface area contributed by atoms with E-state index in [1.165, 1.54) is 12.7 Å². The first kappa shape index (κ1) is 37.1. The van der Waals surface area contributed by atoms with Crippen LogP contribution in [0.25, 0.3) is 11.0 Å². The second-order valence-electron chi connectivity index (χ2n) is 17.2. The van der Waals surface area contributed by atoms with E-state index in [0.717, 1.165) is 25.7 Å². The molecule has 10 rings (SSSR count). The van der Waals surface area contributed by atoms with Crippen molar-refractivity contribution in [3.05, 3.63) is 48.3 Å². The van der Waals surface area contributed by atoms with Crippen molar-refractivity contribution in [3.8, 4) is 12.1 Å². The van der Waals surface area contributed by atoms with Gasteiger partial charge in [0.25, 0.3) is 0 Å². The predicted molar refractivity (Wildman–Crippen MR) is 197 cm³/mol. The van der Waals surface area contributed by atoms with Crippen LogP contribution < -0.4 is 11.5 Å². The quantitative estimate of drug-likeness (QED) is 0.216. The highest BCUT2D eigenvalue weighted by molar-refractivity contribution is 5.66. The molecule has 6 unspecified atom stereocenters. The Kier molecular flexibility index (Phi) is 8.28. The number of nitriles is 2. The smallest absolute Gasteiger partial charge is 0.431 e. The minimum atomic E-state index is -1.56. The fourth-order valence-electron chi connectivity index (χ4n) is 9.32. The monoisotopic (exact) mass is 796 g/mol. The summed E-state index contributed by atoms with van der Waals surface area (Å²) in [6.07, 6.45) is -1.07. The zero-order valence-corrected chi connectivity index (χ0v) is 32.4. The number of hydrogen-bond acceptors (Lipinski definition) is 17. The highest BCUT2D eigenvalue weighted by Gasteiger charge is 2.67. The Morgan fingerprint density at radius 2 is 1.14 bits per heavy atom. The van der Waals surface area contributed by atoms with Crippen LogP contribution >= 0.6 is 0 Å². The highest BCUT2D eigenvalue weighted by atomic mass is 16.8. The molecule has 2 saturated carbocycles. The van der Waals surface area contributed by atoms with Gasteiger partial charge in [-0.15, -0.1) is 0 Å². The zero-order chi connectivity index (χ0) is 40.4. The molecule has 4 aromatic heterocycles. The van der Waals surface area contributed by atoms with Gasteiger partial charge in [-0.2, -0.15) is 20.7 Å².